The molecule has 5 nitrogen and oxygen atoms in total. The van der Waals surface area contributed by atoms with Crippen LogP contribution in [-0.2, 0) is 11.2 Å². The van der Waals surface area contributed by atoms with Gasteiger partial charge >= 0.3 is 0 Å². The van der Waals surface area contributed by atoms with Gasteiger partial charge in [0.15, 0.2) is 11.5 Å². The highest BCUT2D eigenvalue weighted by Crippen LogP contribution is 2.34. The topological polar surface area (TPSA) is 55.8 Å². The summed E-state index contributed by atoms with van der Waals surface area (Å²) in [5.74, 6) is 1.28. The first kappa shape index (κ1) is 11.4. The van der Waals surface area contributed by atoms with Gasteiger partial charge in [0.2, 0.25) is 12.7 Å². The number of fused-ring (bicyclic) bond motifs is 1. The van der Waals surface area contributed by atoms with E-state index in [9.17, 15) is 9.59 Å². The Morgan fingerprint density at radius 3 is 2.83 bits per heavy atom. The molecule has 3 rings (SSSR count). The molecule has 2 aliphatic heterocycles. The fourth-order valence-electron chi connectivity index (χ4n) is 1.97. The van der Waals surface area contributed by atoms with E-state index in [1.165, 1.54) is 11.9 Å². The highest BCUT2D eigenvalue weighted by molar-refractivity contribution is 8.15. The minimum Gasteiger partial charge on any atom is -0.454 e. The van der Waals surface area contributed by atoms with Crippen molar-refractivity contribution < 1.29 is 19.1 Å². The normalized spacial score (nSPS) is 21.8. The predicted octanol–water partition coefficient (Wildman–Crippen LogP) is 1.65. The Morgan fingerprint density at radius 2 is 2.11 bits per heavy atom. The van der Waals surface area contributed by atoms with E-state index in [0.717, 1.165) is 23.1 Å². The molecule has 1 atom stereocenters. The summed E-state index contributed by atoms with van der Waals surface area (Å²) in [6, 6.07) is 5.58. The number of carbonyl (C=O) groups is 2. The summed E-state index contributed by atoms with van der Waals surface area (Å²) in [4.78, 5) is 24.3. The van der Waals surface area contributed by atoms with Crippen LogP contribution in [0.5, 0.6) is 11.5 Å². The largest absolute Gasteiger partial charge is 0.454 e. The summed E-state index contributed by atoms with van der Waals surface area (Å²) < 4.78 is 10.5. The molecule has 6 heteroatoms. The number of hydrogen-bond donors (Lipinski definition) is 0. The van der Waals surface area contributed by atoms with E-state index in [-0.39, 0.29) is 23.2 Å². The van der Waals surface area contributed by atoms with Crippen LogP contribution in [0.25, 0.3) is 0 Å². The summed E-state index contributed by atoms with van der Waals surface area (Å²) in [6.45, 7) is 0.233. The molecule has 0 bridgehead atoms. The van der Waals surface area contributed by atoms with Gasteiger partial charge in [0.1, 0.15) is 0 Å². The summed E-state index contributed by atoms with van der Waals surface area (Å²) in [5, 5.41) is -0.520. The van der Waals surface area contributed by atoms with Crippen LogP contribution in [0.15, 0.2) is 18.2 Å². The maximum absolute atomic E-state index is 11.8. The fraction of sp³-hybridized carbons (Fsp3) is 0.333. The molecule has 0 radical (unpaired) electrons. The number of hydrogen-bond acceptors (Lipinski definition) is 5. The second-order valence-electron chi connectivity index (χ2n) is 4.16. The van der Waals surface area contributed by atoms with Crippen molar-refractivity contribution in [3.63, 3.8) is 0 Å². The monoisotopic (exact) mass is 265 g/mol. The first-order valence-electron chi connectivity index (χ1n) is 5.52. The molecular weight excluding hydrogens is 254 g/mol. The van der Waals surface area contributed by atoms with Gasteiger partial charge in [0, 0.05) is 7.05 Å². The predicted molar refractivity (Wildman–Crippen MR) is 65.8 cm³/mol. The third kappa shape index (κ3) is 1.82. The van der Waals surface area contributed by atoms with Gasteiger partial charge in [-0.3, -0.25) is 14.5 Å². The third-order valence-corrected chi connectivity index (χ3v) is 4.11. The minimum atomic E-state index is -0.331. The lowest BCUT2D eigenvalue weighted by molar-refractivity contribution is -0.125. The second kappa shape index (κ2) is 4.20. The molecule has 0 N–H and O–H groups in total. The van der Waals surface area contributed by atoms with Gasteiger partial charge in [-0.05, 0) is 24.1 Å². The molecule has 2 amide bonds. The van der Waals surface area contributed by atoms with Crippen LogP contribution in [0, 0.1) is 0 Å². The average molecular weight is 265 g/mol. The first-order valence-corrected chi connectivity index (χ1v) is 6.40. The fourth-order valence-corrected chi connectivity index (χ4v) is 2.99. The molecule has 0 spiro atoms. The average Bonchev–Trinajstić information content (AvgIpc) is 2.91. The van der Waals surface area contributed by atoms with Gasteiger partial charge in [-0.2, -0.15) is 0 Å². The summed E-state index contributed by atoms with van der Waals surface area (Å²) >= 11 is 1.08. The van der Waals surface area contributed by atoms with Crippen molar-refractivity contribution in [3.05, 3.63) is 23.8 Å². The van der Waals surface area contributed by atoms with Crippen molar-refractivity contribution in [2.75, 3.05) is 13.8 Å². The number of thioether (sulfide) groups is 1. The van der Waals surface area contributed by atoms with E-state index >= 15 is 0 Å². The zero-order valence-corrected chi connectivity index (χ0v) is 10.5. The highest BCUT2D eigenvalue weighted by atomic mass is 32.2. The van der Waals surface area contributed by atoms with E-state index in [1.807, 2.05) is 18.2 Å². The van der Waals surface area contributed by atoms with Crippen LogP contribution in [0.2, 0.25) is 0 Å². The molecule has 0 unspecified atom stereocenters. The molecule has 94 valence electrons. The quantitative estimate of drug-likeness (QED) is 0.814. The summed E-state index contributed by atoms with van der Waals surface area (Å²) in [7, 11) is 1.51. The van der Waals surface area contributed by atoms with Gasteiger partial charge in [-0.1, -0.05) is 17.8 Å². The molecule has 0 aromatic heterocycles. The molecule has 1 fully saturated rings. The SMILES string of the molecule is CN1C(=O)S[C@@H](Cc2ccc3c(c2)OCO3)C1=O. The van der Waals surface area contributed by atoms with Crippen molar-refractivity contribution in [2.24, 2.45) is 0 Å². The second-order valence-corrected chi connectivity index (χ2v) is 5.32. The van der Waals surface area contributed by atoms with E-state index in [1.54, 1.807) is 0 Å². The highest BCUT2D eigenvalue weighted by Gasteiger charge is 2.37. The van der Waals surface area contributed by atoms with E-state index < -0.39 is 0 Å². The van der Waals surface area contributed by atoms with Gasteiger partial charge in [-0.25, -0.2) is 0 Å². The van der Waals surface area contributed by atoms with Gasteiger partial charge in [-0.15, -0.1) is 0 Å². The van der Waals surface area contributed by atoms with Crippen LogP contribution >= 0.6 is 11.8 Å². The Morgan fingerprint density at radius 1 is 1.33 bits per heavy atom. The van der Waals surface area contributed by atoms with Gasteiger partial charge < -0.3 is 9.47 Å². The number of ether oxygens (including phenoxy) is 2. The van der Waals surface area contributed by atoms with Crippen molar-refractivity contribution in [1.29, 1.82) is 0 Å². The van der Waals surface area contributed by atoms with Crippen molar-refractivity contribution in [3.8, 4) is 11.5 Å². The molecule has 0 saturated carbocycles. The van der Waals surface area contributed by atoms with Crippen molar-refractivity contribution >= 4 is 22.9 Å². The Bertz CT molecular complexity index is 531. The smallest absolute Gasteiger partial charge is 0.288 e. The first-order chi connectivity index (χ1) is 8.65. The number of nitrogens with zero attached hydrogens (tertiary/aromatic N) is 1. The lowest BCUT2D eigenvalue weighted by Gasteiger charge is -2.08. The number of imide groups is 1. The van der Waals surface area contributed by atoms with E-state index in [2.05, 4.69) is 0 Å². The summed E-state index contributed by atoms with van der Waals surface area (Å²) in [6.07, 6.45) is 0.524. The number of benzene rings is 1. The molecule has 1 aromatic carbocycles. The van der Waals surface area contributed by atoms with E-state index in [0.29, 0.717) is 12.2 Å². The van der Waals surface area contributed by atoms with Crippen LogP contribution in [-0.4, -0.2) is 35.1 Å². The molecular formula is C12H11NO4S. The molecule has 1 aromatic rings. The zero-order valence-electron chi connectivity index (χ0n) is 9.71. The Hall–Kier alpha value is -1.69. The van der Waals surface area contributed by atoms with Crippen molar-refractivity contribution in [1.82, 2.24) is 4.90 Å². The van der Waals surface area contributed by atoms with Gasteiger partial charge in [0.05, 0.1) is 5.25 Å². The molecule has 1 saturated heterocycles. The summed E-state index contributed by atoms with van der Waals surface area (Å²) in [5.41, 5.74) is 0.966. The van der Waals surface area contributed by atoms with Crippen LogP contribution in [0.3, 0.4) is 0 Å². The Labute approximate surface area is 108 Å². The molecule has 2 aliphatic rings. The zero-order chi connectivity index (χ0) is 12.7. The maximum atomic E-state index is 11.8. The number of carbonyl (C=O) groups excluding carboxylic acids is 2. The van der Waals surface area contributed by atoms with Crippen LogP contribution < -0.4 is 9.47 Å². The lowest BCUT2D eigenvalue weighted by atomic mass is 10.1. The Kier molecular flexibility index (Phi) is 2.66. The van der Waals surface area contributed by atoms with Gasteiger partial charge in [0.25, 0.3) is 5.24 Å². The minimum absolute atomic E-state index is 0.136. The van der Waals surface area contributed by atoms with E-state index in [4.69, 9.17) is 9.47 Å². The van der Waals surface area contributed by atoms with Crippen molar-refractivity contribution in [2.45, 2.75) is 11.7 Å². The standard InChI is InChI=1S/C12H11NO4S/c1-13-11(14)10(18-12(13)15)5-7-2-3-8-9(4-7)17-6-16-8/h2-4,10H,5-6H2,1H3/t10-/m0/s1. The number of amides is 2. The van der Waals surface area contributed by atoms with Crippen LogP contribution in [0.1, 0.15) is 5.56 Å². The van der Waals surface area contributed by atoms with Crippen LogP contribution in [0.4, 0.5) is 4.79 Å². The molecule has 0 aliphatic carbocycles. The Balaban J connectivity index is 1.77. The maximum Gasteiger partial charge on any atom is 0.288 e. The third-order valence-electron chi connectivity index (χ3n) is 2.98. The number of rotatable bonds is 2. The molecule has 18 heavy (non-hydrogen) atoms. The molecule has 2 heterocycles. The lowest BCUT2D eigenvalue weighted by Crippen LogP contribution is -2.28.